The second kappa shape index (κ2) is 6.23. The van der Waals surface area contributed by atoms with Crippen molar-refractivity contribution in [2.75, 3.05) is 18.0 Å². The van der Waals surface area contributed by atoms with E-state index in [2.05, 4.69) is 48.0 Å². The lowest BCUT2D eigenvalue weighted by Gasteiger charge is -2.36. The van der Waals surface area contributed by atoms with Crippen molar-refractivity contribution in [1.29, 1.82) is 0 Å². The predicted octanol–water partition coefficient (Wildman–Crippen LogP) is 4.85. The van der Waals surface area contributed by atoms with Gasteiger partial charge in [0.05, 0.1) is 17.1 Å². The van der Waals surface area contributed by atoms with Crippen LogP contribution in [0.15, 0.2) is 30.3 Å². The highest BCUT2D eigenvalue weighted by molar-refractivity contribution is 6.17. The summed E-state index contributed by atoms with van der Waals surface area (Å²) < 4.78 is 0. The number of alkyl halides is 1. The summed E-state index contributed by atoms with van der Waals surface area (Å²) in [5.74, 6) is 2.13. The van der Waals surface area contributed by atoms with E-state index in [0.29, 0.717) is 5.88 Å². The highest BCUT2D eigenvalue weighted by Crippen LogP contribution is 2.32. The van der Waals surface area contributed by atoms with Gasteiger partial charge in [-0.2, -0.15) is 0 Å². The van der Waals surface area contributed by atoms with E-state index >= 15 is 0 Å². The van der Waals surface area contributed by atoms with Crippen LogP contribution < -0.4 is 4.90 Å². The number of benzene rings is 1. The minimum absolute atomic E-state index is 0.473. The Morgan fingerprint density at radius 2 is 1.95 bits per heavy atom. The number of aromatic nitrogens is 1. The first kappa shape index (κ1) is 14.6. The van der Waals surface area contributed by atoms with Crippen molar-refractivity contribution in [1.82, 2.24) is 4.98 Å². The van der Waals surface area contributed by atoms with Crippen molar-refractivity contribution in [2.45, 2.75) is 32.6 Å². The fraction of sp³-hybridized carbons (Fsp3) is 0.500. The number of hydrogen-bond donors (Lipinski definition) is 0. The topological polar surface area (TPSA) is 16.1 Å². The molecule has 0 saturated carbocycles. The first-order valence-electron chi connectivity index (χ1n) is 7.88. The van der Waals surface area contributed by atoms with Gasteiger partial charge in [-0.15, -0.1) is 11.6 Å². The average Bonchev–Trinajstić information content (AvgIpc) is 2.53. The van der Waals surface area contributed by atoms with E-state index in [1.54, 1.807) is 0 Å². The quantitative estimate of drug-likeness (QED) is 0.754. The van der Waals surface area contributed by atoms with Crippen molar-refractivity contribution in [2.24, 2.45) is 11.8 Å². The van der Waals surface area contributed by atoms with Gasteiger partial charge in [0.1, 0.15) is 0 Å². The van der Waals surface area contributed by atoms with Gasteiger partial charge in [-0.3, -0.25) is 4.98 Å². The number of halogens is 1. The number of piperidine rings is 1. The lowest BCUT2D eigenvalue weighted by Crippen LogP contribution is -2.35. The van der Waals surface area contributed by atoms with Crippen LogP contribution in [0.5, 0.6) is 0 Å². The molecule has 0 unspecified atom stereocenters. The molecule has 1 aromatic carbocycles. The summed E-state index contributed by atoms with van der Waals surface area (Å²) in [5.41, 5.74) is 3.33. The maximum absolute atomic E-state index is 6.02. The largest absolute Gasteiger partial charge is 0.371 e. The molecule has 2 aromatic rings. The molecule has 21 heavy (non-hydrogen) atoms. The monoisotopic (exact) mass is 302 g/mol. The number of para-hydroxylation sites is 1. The number of anilines is 1. The van der Waals surface area contributed by atoms with E-state index in [4.69, 9.17) is 11.6 Å². The molecule has 2 nitrogen and oxygen atoms in total. The highest BCUT2D eigenvalue weighted by atomic mass is 35.5. The van der Waals surface area contributed by atoms with Crippen LogP contribution >= 0.6 is 11.6 Å². The summed E-state index contributed by atoms with van der Waals surface area (Å²) >= 11 is 6.02. The molecule has 0 aliphatic carbocycles. The number of pyridine rings is 1. The molecule has 1 fully saturated rings. The smallest absolute Gasteiger partial charge is 0.0726 e. The van der Waals surface area contributed by atoms with Gasteiger partial charge >= 0.3 is 0 Å². The number of hydrogen-bond acceptors (Lipinski definition) is 2. The van der Waals surface area contributed by atoms with E-state index in [-0.39, 0.29) is 0 Å². The zero-order valence-corrected chi connectivity index (χ0v) is 13.6. The predicted molar refractivity (Wildman–Crippen MR) is 91.1 cm³/mol. The second-order valence-corrected chi connectivity index (χ2v) is 6.62. The Morgan fingerprint density at radius 1 is 1.24 bits per heavy atom. The third-order valence-corrected chi connectivity index (χ3v) is 4.98. The Bertz CT molecular complexity index is 616. The van der Waals surface area contributed by atoms with Crippen LogP contribution in [0.1, 0.15) is 32.4 Å². The van der Waals surface area contributed by atoms with E-state index < -0.39 is 0 Å². The van der Waals surface area contributed by atoms with Crippen LogP contribution in [0.25, 0.3) is 10.9 Å². The van der Waals surface area contributed by atoms with E-state index in [1.807, 2.05) is 6.07 Å². The molecular weight excluding hydrogens is 280 g/mol. The van der Waals surface area contributed by atoms with Crippen LogP contribution in [0.2, 0.25) is 0 Å². The van der Waals surface area contributed by atoms with Gasteiger partial charge in [0.2, 0.25) is 0 Å². The number of fused-ring (bicyclic) bond motifs is 1. The van der Waals surface area contributed by atoms with Gasteiger partial charge in [0.25, 0.3) is 0 Å². The minimum atomic E-state index is 0.473. The maximum Gasteiger partial charge on any atom is 0.0726 e. The van der Waals surface area contributed by atoms with Gasteiger partial charge in [-0.1, -0.05) is 32.0 Å². The van der Waals surface area contributed by atoms with Crippen molar-refractivity contribution in [3.05, 3.63) is 36.0 Å². The fourth-order valence-electron chi connectivity index (χ4n) is 3.35. The third-order valence-electron chi connectivity index (χ3n) is 4.71. The fourth-order valence-corrected chi connectivity index (χ4v) is 3.48. The molecule has 1 aromatic heterocycles. The lowest BCUT2D eigenvalue weighted by molar-refractivity contribution is 0.311. The molecular formula is C18H23ClN2. The van der Waals surface area contributed by atoms with Crippen LogP contribution in [-0.4, -0.2) is 18.1 Å². The van der Waals surface area contributed by atoms with Gasteiger partial charge < -0.3 is 4.90 Å². The summed E-state index contributed by atoms with van der Waals surface area (Å²) in [7, 11) is 0. The molecule has 1 aliphatic heterocycles. The molecule has 3 rings (SSSR count). The Morgan fingerprint density at radius 3 is 2.62 bits per heavy atom. The van der Waals surface area contributed by atoms with Crippen LogP contribution in [0, 0.1) is 11.8 Å². The Labute approximate surface area is 132 Å². The Kier molecular flexibility index (Phi) is 4.34. The molecule has 1 aliphatic rings. The second-order valence-electron chi connectivity index (χ2n) is 6.35. The summed E-state index contributed by atoms with van der Waals surface area (Å²) in [4.78, 5) is 7.15. The normalized spacial score (nSPS) is 16.9. The molecule has 1 saturated heterocycles. The van der Waals surface area contributed by atoms with Gasteiger partial charge in [-0.25, -0.2) is 0 Å². The third kappa shape index (κ3) is 3.01. The minimum Gasteiger partial charge on any atom is -0.371 e. The zero-order chi connectivity index (χ0) is 14.8. The van der Waals surface area contributed by atoms with E-state index in [0.717, 1.165) is 36.1 Å². The van der Waals surface area contributed by atoms with Gasteiger partial charge in [0, 0.05) is 24.2 Å². The molecule has 0 atom stereocenters. The van der Waals surface area contributed by atoms with Crippen LogP contribution in [0.3, 0.4) is 0 Å². The van der Waals surface area contributed by atoms with Crippen LogP contribution in [0.4, 0.5) is 5.69 Å². The Balaban J connectivity index is 1.93. The number of nitrogens with zero attached hydrogens (tertiary/aromatic N) is 2. The highest BCUT2D eigenvalue weighted by Gasteiger charge is 2.23. The molecule has 0 bridgehead atoms. The Hall–Kier alpha value is -1.28. The lowest BCUT2D eigenvalue weighted by atomic mass is 9.86. The molecule has 112 valence electrons. The molecule has 0 radical (unpaired) electrons. The summed E-state index contributed by atoms with van der Waals surface area (Å²) in [6.07, 6.45) is 2.56. The van der Waals surface area contributed by atoms with E-state index in [9.17, 15) is 0 Å². The van der Waals surface area contributed by atoms with E-state index in [1.165, 1.54) is 23.9 Å². The summed E-state index contributed by atoms with van der Waals surface area (Å²) in [6, 6.07) is 10.6. The maximum atomic E-state index is 6.02. The molecule has 2 heterocycles. The SMILES string of the molecule is CC(C)C1CCN(c2cc(CCl)nc3ccccc23)CC1. The summed E-state index contributed by atoms with van der Waals surface area (Å²) in [6.45, 7) is 6.96. The standard InChI is InChI=1S/C18H23ClN2/c1-13(2)14-7-9-21(10-8-14)18-11-15(12-19)20-17-6-4-3-5-16(17)18/h3-6,11,13-14H,7-10,12H2,1-2H3. The van der Waals surface area contributed by atoms with Crippen molar-refractivity contribution < 1.29 is 0 Å². The first-order chi connectivity index (χ1) is 10.2. The summed E-state index contributed by atoms with van der Waals surface area (Å²) in [5, 5.41) is 1.24. The van der Waals surface area contributed by atoms with Gasteiger partial charge in [-0.05, 0) is 36.8 Å². The first-order valence-corrected chi connectivity index (χ1v) is 8.42. The molecule has 0 spiro atoms. The van der Waals surface area contributed by atoms with Crippen molar-refractivity contribution >= 4 is 28.2 Å². The van der Waals surface area contributed by atoms with Gasteiger partial charge in [0.15, 0.2) is 0 Å². The number of rotatable bonds is 3. The molecule has 3 heteroatoms. The molecule has 0 amide bonds. The molecule has 0 N–H and O–H groups in total. The van der Waals surface area contributed by atoms with Crippen molar-refractivity contribution in [3.63, 3.8) is 0 Å². The van der Waals surface area contributed by atoms with Crippen LogP contribution in [-0.2, 0) is 5.88 Å². The van der Waals surface area contributed by atoms with Crippen molar-refractivity contribution in [3.8, 4) is 0 Å². The average molecular weight is 303 g/mol. The zero-order valence-electron chi connectivity index (χ0n) is 12.8.